The van der Waals surface area contributed by atoms with Crippen LogP contribution in [0.1, 0.15) is 37.8 Å². The molecule has 0 atom stereocenters. The molecule has 14 heavy (non-hydrogen) atoms. The van der Waals surface area contributed by atoms with Crippen LogP contribution in [0.5, 0.6) is 0 Å². The number of aryl methyl sites for hydroxylation is 1. The first-order valence-corrected chi connectivity index (χ1v) is 6.49. The molecule has 0 heterocycles. The van der Waals surface area contributed by atoms with Gasteiger partial charge in [0.25, 0.3) is 0 Å². The summed E-state index contributed by atoms with van der Waals surface area (Å²) in [6, 6.07) is 6.65. The predicted octanol–water partition coefficient (Wildman–Crippen LogP) is 4.45. The average Bonchev–Trinajstić information content (AvgIpc) is 2.18. The molecule has 0 aromatic heterocycles. The van der Waals surface area contributed by atoms with Crippen molar-refractivity contribution in [3.63, 3.8) is 0 Å². The summed E-state index contributed by atoms with van der Waals surface area (Å²) < 4.78 is 0. The number of unbranched alkanes of at least 4 members (excludes halogenated alkanes) is 1. The van der Waals surface area contributed by atoms with Crippen molar-refractivity contribution in [1.29, 1.82) is 0 Å². The topological polar surface area (TPSA) is 0 Å². The Hall–Kier alpha value is -0.430. The van der Waals surface area contributed by atoms with E-state index < -0.39 is 0 Å². The quantitative estimate of drug-likeness (QED) is 0.644. The van der Waals surface area contributed by atoms with Gasteiger partial charge in [0, 0.05) is 4.90 Å². The first-order valence-electron chi connectivity index (χ1n) is 5.50. The van der Waals surface area contributed by atoms with Crippen LogP contribution < -0.4 is 0 Å². The normalized spacial score (nSPS) is 10.5. The summed E-state index contributed by atoms with van der Waals surface area (Å²) >= 11 is 1.97. The molecule has 0 amide bonds. The van der Waals surface area contributed by atoms with Crippen molar-refractivity contribution in [1.82, 2.24) is 0 Å². The third-order valence-electron chi connectivity index (χ3n) is 2.45. The summed E-state index contributed by atoms with van der Waals surface area (Å²) in [6.07, 6.45) is 3.83. The summed E-state index contributed by atoms with van der Waals surface area (Å²) in [5.41, 5.74) is 3.03. The standard InChI is InChI=1S/C13H20S/c1-4-6-9-12-11(3)8-7-10-13(12)14-5-2/h7-8,10H,4-6,9H2,1-3H3. The highest BCUT2D eigenvalue weighted by atomic mass is 32.2. The van der Waals surface area contributed by atoms with E-state index >= 15 is 0 Å². The van der Waals surface area contributed by atoms with Crippen molar-refractivity contribution >= 4 is 11.8 Å². The van der Waals surface area contributed by atoms with Gasteiger partial charge in [-0.2, -0.15) is 0 Å². The third-order valence-corrected chi connectivity index (χ3v) is 3.43. The average molecular weight is 208 g/mol. The minimum Gasteiger partial charge on any atom is -0.126 e. The highest BCUT2D eigenvalue weighted by Gasteiger charge is 2.04. The monoisotopic (exact) mass is 208 g/mol. The van der Waals surface area contributed by atoms with Gasteiger partial charge >= 0.3 is 0 Å². The molecule has 1 aromatic carbocycles. The van der Waals surface area contributed by atoms with Crippen LogP contribution >= 0.6 is 11.8 Å². The fourth-order valence-electron chi connectivity index (χ4n) is 1.64. The molecule has 0 spiro atoms. The van der Waals surface area contributed by atoms with Crippen LogP contribution in [0.3, 0.4) is 0 Å². The Balaban J connectivity index is 2.84. The van der Waals surface area contributed by atoms with Crippen LogP contribution in [-0.4, -0.2) is 5.75 Å². The maximum Gasteiger partial charge on any atom is 0.0106 e. The molecule has 78 valence electrons. The number of hydrogen-bond acceptors (Lipinski definition) is 1. The Morgan fingerprint density at radius 3 is 2.64 bits per heavy atom. The molecule has 0 N–H and O–H groups in total. The molecular formula is C13H20S. The van der Waals surface area contributed by atoms with Crippen molar-refractivity contribution in [2.24, 2.45) is 0 Å². The smallest absolute Gasteiger partial charge is 0.0106 e. The second kappa shape index (κ2) is 6.13. The lowest BCUT2D eigenvalue weighted by Crippen LogP contribution is -1.93. The number of benzene rings is 1. The molecule has 0 aliphatic heterocycles. The van der Waals surface area contributed by atoms with E-state index in [2.05, 4.69) is 39.0 Å². The van der Waals surface area contributed by atoms with Crippen LogP contribution in [0.4, 0.5) is 0 Å². The lowest BCUT2D eigenvalue weighted by atomic mass is 10.0. The molecule has 1 aromatic rings. The van der Waals surface area contributed by atoms with E-state index in [0.29, 0.717) is 0 Å². The molecule has 0 aliphatic rings. The van der Waals surface area contributed by atoms with E-state index in [1.807, 2.05) is 11.8 Å². The zero-order valence-corrected chi connectivity index (χ0v) is 10.3. The van der Waals surface area contributed by atoms with Gasteiger partial charge in [-0.25, -0.2) is 0 Å². The highest BCUT2D eigenvalue weighted by Crippen LogP contribution is 2.26. The molecule has 0 radical (unpaired) electrons. The highest BCUT2D eigenvalue weighted by molar-refractivity contribution is 7.99. The van der Waals surface area contributed by atoms with E-state index in [0.717, 1.165) is 0 Å². The van der Waals surface area contributed by atoms with E-state index in [9.17, 15) is 0 Å². The molecule has 0 fully saturated rings. The first kappa shape index (κ1) is 11.6. The number of hydrogen-bond donors (Lipinski definition) is 0. The Labute approximate surface area is 92.1 Å². The minimum atomic E-state index is 1.17. The van der Waals surface area contributed by atoms with Gasteiger partial charge in [-0.15, -0.1) is 11.8 Å². The Kier molecular flexibility index (Phi) is 5.10. The molecular weight excluding hydrogens is 188 g/mol. The molecule has 0 saturated heterocycles. The van der Waals surface area contributed by atoms with Gasteiger partial charge in [0.05, 0.1) is 0 Å². The first-order chi connectivity index (χ1) is 6.79. The minimum absolute atomic E-state index is 1.17. The van der Waals surface area contributed by atoms with Crippen LogP contribution in [0.25, 0.3) is 0 Å². The van der Waals surface area contributed by atoms with Crippen molar-refractivity contribution < 1.29 is 0 Å². The Morgan fingerprint density at radius 1 is 1.21 bits per heavy atom. The molecule has 1 rings (SSSR count). The van der Waals surface area contributed by atoms with Gasteiger partial charge in [-0.05, 0) is 42.7 Å². The zero-order valence-electron chi connectivity index (χ0n) is 9.47. The van der Waals surface area contributed by atoms with Crippen molar-refractivity contribution in [2.75, 3.05) is 5.75 Å². The maximum atomic E-state index is 2.26. The van der Waals surface area contributed by atoms with Gasteiger partial charge in [0.2, 0.25) is 0 Å². The maximum absolute atomic E-state index is 2.26. The van der Waals surface area contributed by atoms with E-state index in [-0.39, 0.29) is 0 Å². The zero-order chi connectivity index (χ0) is 10.4. The third kappa shape index (κ3) is 3.06. The summed E-state index contributed by atoms with van der Waals surface area (Å²) in [6.45, 7) is 6.70. The molecule has 1 heteroatoms. The second-order valence-corrected chi connectivity index (χ2v) is 4.89. The predicted molar refractivity (Wildman–Crippen MR) is 66.2 cm³/mol. The summed E-state index contributed by atoms with van der Waals surface area (Å²) in [7, 11) is 0. The number of rotatable bonds is 5. The largest absolute Gasteiger partial charge is 0.126 e. The van der Waals surface area contributed by atoms with Gasteiger partial charge in [-0.3, -0.25) is 0 Å². The van der Waals surface area contributed by atoms with E-state index in [1.54, 1.807) is 5.56 Å². The lowest BCUT2D eigenvalue weighted by molar-refractivity contribution is 0.780. The fourth-order valence-corrected chi connectivity index (χ4v) is 2.56. The van der Waals surface area contributed by atoms with Crippen molar-refractivity contribution in [3.05, 3.63) is 29.3 Å². The summed E-state index contributed by atoms with van der Waals surface area (Å²) in [5.74, 6) is 1.17. The van der Waals surface area contributed by atoms with Gasteiger partial charge in [-0.1, -0.05) is 32.4 Å². The van der Waals surface area contributed by atoms with Crippen molar-refractivity contribution in [3.8, 4) is 0 Å². The van der Waals surface area contributed by atoms with Crippen LogP contribution in [0.2, 0.25) is 0 Å². The molecule has 0 nitrogen and oxygen atoms in total. The van der Waals surface area contributed by atoms with Gasteiger partial charge in [0.15, 0.2) is 0 Å². The van der Waals surface area contributed by atoms with Crippen LogP contribution in [-0.2, 0) is 6.42 Å². The molecule has 0 saturated carbocycles. The van der Waals surface area contributed by atoms with E-state index in [4.69, 9.17) is 0 Å². The lowest BCUT2D eigenvalue weighted by Gasteiger charge is -2.10. The van der Waals surface area contributed by atoms with Gasteiger partial charge < -0.3 is 0 Å². The van der Waals surface area contributed by atoms with Crippen molar-refractivity contribution in [2.45, 2.75) is 44.9 Å². The van der Waals surface area contributed by atoms with E-state index in [1.165, 1.54) is 35.5 Å². The van der Waals surface area contributed by atoms with Crippen LogP contribution in [0.15, 0.2) is 23.1 Å². The fraction of sp³-hybridized carbons (Fsp3) is 0.538. The summed E-state index contributed by atoms with van der Waals surface area (Å²) in [5, 5.41) is 0. The molecule has 0 unspecified atom stereocenters. The SMILES string of the molecule is CCCCc1c(C)cccc1SCC. The van der Waals surface area contributed by atoms with Crippen LogP contribution in [0, 0.1) is 6.92 Å². The molecule has 0 aliphatic carbocycles. The molecule has 0 bridgehead atoms. The summed E-state index contributed by atoms with van der Waals surface area (Å²) in [4.78, 5) is 1.49. The second-order valence-electron chi connectivity index (χ2n) is 3.59. The Bertz CT molecular complexity index is 279. The van der Waals surface area contributed by atoms with Gasteiger partial charge in [0.1, 0.15) is 0 Å². The number of thioether (sulfide) groups is 1. The Morgan fingerprint density at radius 2 is 2.00 bits per heavy atom.